The van der Waals surface area contributed by atoms with Crippen LogP contribution in [0.3, 0.4) is 0 Å². The normalized spacial score (nSPS) is 20.1. The molecule has 0 spiro atoms. The van der Waals surface area contributed by atoms with E-state index in [-0.39, 0.29) is 35.9 Å². The molecule has 156 valence electrons. The Morgan fingerprint density at radius 3 is 2.79 bits per heavy atom. The summed E-state index contributed by atoms with van der Waals surface area (Å²) in [7, 11) is 0. The minimum atomic E-state index is 0. The van der Waals surface area contributed by atoms with E-state index in [1.54, 1.807) is 0 Å². The van der Waals surface area contributed by atoms with Gasteiger partial charge in [-0.3, -0.25) is 9.79 Å². The van der Waals surface area contributed by atoms with Crippen molar-refractivity contribution in [1.29, 1.82) is 0 Å². The Morgan fingerprint density at radius 1 is 1.29 bits per heavy atom. The van der Waals surface area contributed by atoms with E-state index >= 15 is 0 Å². The molecule has 0 aromatic heterocycles. The lowest BCUT2D eigenvalue weighted by Gasteiger charge is -2.21. The molecule has 0 bridgehead atoms. The van der Waals surface area contributed by atoms with Crippen LogP contribution in [0.15, 0.2) is 29.3 Å². The summed E-state index contributed by atoms with van der Waals surface area (Å²) in [5.74, 6) is 1.46. The molecule has 5 nitrogen and oxygen atoms in total. The van der Waals surface area contributed by atoms with Gasteiger partial charge in [-0.05, 0) is 50.3 Å². The van der Waals surface area contributed by atoms with Gasteiger partial charge < -0.3 is 15.5 Å². The van der Waals surface area contributed by atoms with Crippen LogP contribution >= 0.6 is 35.6 Å². The molecule has 2 aliphatic rings. The number of carbonyl (C=O) groups is 1. The lowest BCUT2D eigenvalue weighted by molar-refractivity contribution is -0.134. The summed E-state index contributed by atoms with van der Waals surface area (Å²) in [4.78, 5) is 19.3. The Bertz CT molecular complexity index is 664. The summed E-state index contributed by atoms with van der Waals surface area (Å²) in [6.45, 7) is 5.23. The number of amides is 1. The monoisotopic (exact) mass is 518 g/mol. The third-order valence-electron chi connectivity index (χ3n) is 5.45. The molecule has 2 fully saturated rings. The van der Waals surface area contributed by atoms with Gasteiger partial charge >= 0.3 is 0 Å². The first-order valence-electron chi connectivity index (χ1n) is 10.2. The predicted octanol–water partition coefficient (Wildman–Crippen LogP) is 3.85. The van der Waals surface area contributed by atoms with E-state index in [4.69, 9.17) is 16.6 Å². The van der Waals surface area contributed by atoms with Gasteiger partial charge in [-0.1, -0.05) is 36.6 Å². The molecule has 0 radical (unpaired) electrons. The number of guanidine groups is 1. The zero-order valence-electron chi connectivity index (χ0n) is 16.6. The highest BCUT2D eigenvalue weighted by molar-refractivity contribution is 14.0. The maximum Gasteiger partial charge on any atom is 0.225 e. The number of aliphatic imine (C=N–C) groups is 1. The van der Waals surface area contributed by atoms with Gasteiger partial charge in [-0.25, -0.2) is 0 Å². The smallest absolute Gasteiger partial charge is 0.225 e. The van der Waals surface area contributed by atoms with Crippen LogP contribution in [0.4, 0.5) is 0 Å². The van der Waals surface area contributed by atoms with Crippen molar-refractivity contribution in [3.8, 4) is 0 Å². The SMILES string of the molecule is CCNC(=NCCc1cccc(Cl)c1)NC1CCN(C(=O)C2CCCC2)C1.I. The van der Waals surface area contributed by atoms with Gasteiger partial charge in [0.1, 0.15) is 0 Å². The highest BCUT2D eigenvalue weighted by Crippen LogP contribution is 2.27. The minimum Gasteiger partial charge on any atom is -0.357 e. The van der Waals surface area contributed by atoms with Crippen LogP contribution < -0.4 is 10.6 Å². The van der Waals surface area contributed by atoms with Crippen LogP contribution in [-0.2, 0) is 11.2 Å². The molecule has 1 unspecified atom stereocenters. The molecule has 2 N–H and O–H groups in total. The lowest BCUT2D eigenvalue weighted by atomic mass is 10.1. The molecule has 1 saturated heterocycles. The molecular formula is C21H32ClIN4O. The number of carbonyl (C=O) groups excluding carboxylic acids is 1. The maximum absolute atomic E-state index is 12.6. The molecule has 3 rings (SSSR count). The summed E-state index contributed by atoms with van der Waals surface area (Å²) < 4.78 is 0. The third kappa shape index (κ3) is 6.79. The number of halogens is 2. The number of nitrogens with one attached hydrogen (secondary N) is 2. The van der Waals surface area contributed by atoms with Crippen molar-refractivity contribution < 1.29 is 4.79 Å². The van der Waals surface area contributed by atoms with Gasteiger partial charge in [0.15, 0.2) is 5.96 Å². The first-order chi connectivity index (χ1) is 13.2. The first-order valence-corrected chi connectivity index (χ1v) is 10.6. The van der Waals surface area contributed by atoms with E-state index in [1.807, 2.05) is 23.1 Å². The van der Waals surface area contributed by atoms with Gasteiger partial charge in [-0.15, -0.1) is 24.0 Å². The molecule has 28 heavy (non-hydrogen) atoms. The van der Waals surface area contributed by atoms with Crippen molar-refractivity contribution in [2.75, 3.05) is 26.2 Å². The van der Waals surface area contributed by atoms with Crippen LogP contribution in [0.5, 0.6) is 0 Å². The van der Waals surface area contributed by atoms with Gasteiger partial charge in [0, 0.05) is 43.2 Å². The van der Waals surface area contributed by atoms with Crippen molar-refractivity contribution in [1.82, 2.24) is 15.5 Å². The fourth-order valence-electron chi connectivity index (χ4n) is 4.01. The highest BCUT2D eigenvalue weighted by Gasteiger charge is 2.32. The number of likely N-dealkylation sites (tertiary alicyclic amines) is 1. The van der Waals surface area contributed by atoms with E-state index in [1.165, 1.54) is 18.4 Å². The fourth-order valence-corrected chi connectivity index (χ4v) is 4.22. The van der Waals surface area contributed by atoms with Crippen molar-refractivity contribution in [3.63, 3.8) is 0 Å². The van der Waals surface area contributed by atoms with Crippen molar-refractivity contribution >= 4 is 47.4 Å². The molecule has 1 heterocycles. The second-order valence-corrected chi connectivity index (χ2v) is 7.97. The average molecular weight is 519 g/mol. The number of rotatable bonds is 6. The zero-order valence-corrected chi connectivity index (χ0v) is 19.7. The van der Waals surface area contributed by atoms with E-state index < -0.39 is 0 Å². The molecule has 1 saturated carbocycles. The predicted molar refractivity (Wildman–Crippen MR) is 127 cm³/mol. The van der Waals surface area contributed by atoms with Gasteiger partial charge in [0.2, 0.25) is 5.91 Å². The maximum atomic E-state index is 12.6. The topological polar surface area (TPSA) is 56.7 Å². The number of nitrogens with zero attached hydrogens (tertiary/aromatic N) is 2. The molecule has 1 aromatic rings. The van der Waals surface area contributed by atoms with Crippen LogP contribution in [0.2, 0.25) is 5.02 Å². The third-order valence-corrected chi connectivity index (χ3v) is 5.68. The summed E-state index contributed by atoms with van der Waals surface area (Å²) >= 11 is 6.04. The minimum absolute atomic E-state index is 0. The Labute approximate surface area is 190 Å². The number of hydrogen-bond acceptors (Lipinski definition) is 2. The van der Waals surface area contributed by atoms with Crippen LogP contribution in [0, 0.1) is 5.92 Å². The van der Waals surface area contributed by atoms with Gasteiger partial charge in [-0.2, -0.15) is 0 Å². The lowest BCUT2D eigenvalue weighted by Crippen LogP contribution is -2.45. The zero-order chi connectivity index (χ0) is 19.1. The van der Waals surface area contributed by atoms with Crippen molar-refractivity contribution in [2.24, 2.45) is 10.9 Å². The largest absolute Gasteiger partial charge is 0.357 e. The van der Waals surface area contributed by atoms with Crippen molar-refractivity contribution in [2.45, 2.75) is 51.5 Å². The average Bonchev–Trinajstić information content (AvgIpc) is 3.33. The second-order valence-electron chi connectivity index (χ2n) is 7.54. The summed E-state index contributed by atoms with van der Waals surface area (Å²) in [6.07, 6.45) is 6.39. The van der Waals surface area contributed by atoms with E-state index in [9.17, 15) is 4.79 Å². The van der Waals surface area contributed by atoms with Crippen LogP contribution in [0.1, 0.15) is 44.6 Å². The molecule has 7 heteroatoms. The van der Waals surface area contributed by atoms with Gasteiger partial charge in [0.05, 0.1) is 0 Å². The fraction of sp³-hybridized carbons (Fsp3) is 0.619. The van der Waals surface area contributed by atoms with E-state index in [0.29, 0.717) is 12.5 Å². The van der Waals surface area contributed by atoms with Gasteiger partial charge in [0.25, 0.3) is 0 Å². The molecular weight excluding hydrogens is 487 g/mol. The quantitative estimate of drug-likeness (QED) is 0.342. The molecule has 1 aliphatic carbocycles. The Morgan fingerprint density at radius 2 is 2.07 bits per heavy atom. The standard InChI is InChI=1S/C21H31ClN4O.HI/c1-2-23-21(24-12-10-16-6-5-9-18(22)14-16)25-19-11-13-26(15-19)20(27)17-7-3-4-8-17;/h5-6,9,14,17,19H,2-4,7-8,10-13,15H2,1H3,(H2,23,24,25);1H. The Hall–Kier alpha value is -1.02. The highest BCUT2D eigenvalue weighted by atomic mass is 127. The molecule has 1 amide bonds. The summed E-state index contributed by atoms with van der Waals surface area (Å²) in [5, 5.41) is 7.59. The molecule has 1 atom stereocenters. The Balaban J connectivity index is 0.00000280. The van der Waals surface area contributed by atoms with E-state index in [2.05, 4.69) is 23.6 Å². The second kappa shape index (κ2) is 11.9. The van der Waals surface area contributed by atoms with Crippen LogP contribution in [0.25, 0.3) is 0 Å². The Kier molecular flexibility index (Phi) is 9.85. The molecule has 1 aromatic carbocycles. The van der Waals surface area contributed by atoms with Crippen LogP contribution in [-0.4, -0.2) is 49.0 Å². The first kappa shape index (κ1) is 23.3. The van der Waals surface area contributed by atoms with E-state index in [0.717, 1.165) is 56.3 Å². The summed E-state index contributed by atoms with van der Waals surface area (Å²) in [6, 6.07) is 8.20. The number of hydrogen-bond donors (Lipinski definition) is 2. The number of benzene rings is 1. The van der Waals surface area contributed by atoms with Crippen molar-refractivity contribution in [3.05, 3.63) is 34.9 Å². The molecule has 1 aliphatic heterocycles. The summed E-state index contributed by atoms with van der Waals surface area (Å²) in [5.41, 5.74) is 1.19.